The molecule has 0 aliphatic heterocycles. The molecule has 0 amide bonds. The largest absolute Gasteiger partial charge is 0.309 e. The maximum atomic E-state index is 9.83. The van der Waals surface area contributed by atoms with Gasteiger partial charge in [-0.2, -0.15) is 0 Å². The molecular weight excluding hydrogens is 605 g/mol. The van der Waals surface area contributed by atoms with E-state index in [0.29, 0.717) is 5.69 Å². The van der Waals surface area contributed by atoms with Gasteiger partial charge in [0.05, 0.1) is 53.6 Å². The maximum absolute atomic E-state index is 9.83. The summed E-state index contributed by atoms with van der Waals surface area (Å²) in [5.41, 5.74) is -3.04. The van der Waals surface area contributed by atoms with Crippen LogP contribution in [-0.4, -0.2) is 9.13 Å². The monoisotopic (exact) mass is 659 g/mol. The molecule has 0 unspecified atom stereocenters. The summed E-state index contributed by atoms with van der Waals surface area (Å²) in [5, 5.41) is -1.55. The third kappa shape index (κ3) is 4.57. The van der Waals surface area contributed by atoms with Crippen molar-refractivity contribution in [2.45, 2.75) is 0 Å². The van der Waals surface area contributed by atoms with Crippen LogP contribution < -0.4 is 0 Å². The molecule has 0 saturated carbocycles. The van der Waals surface area contributed by atoms with E-state index in [4.69, 9.17) is 20.6 Å². The minimum atomic E-state index is -0.975. The summed E-state index contributed by atoms with van der Waals surface area (Å²) in [6.45, 7) is 0. The van der Waals surface area contributed by atoms with Crippen molar-refractivity contribution in [3.05, 3.63) is 194 Å². The highest BCUT2D eigenvalue weighted by Gasteiger charge is 2.16. The lowest BCUT2D eigenvalue weighted by molar-refractivity contribution is 1.18. The zero-order valence-corrected chi connectivity index (χ0v) is 25.6. The minimum Gasteiger partial charge on any atom is -0.309 e. The summed E-state index contributed by atoms with van der Waals surface area (Å²) >= 11 is 0. The van der Waals surface area contributed by atoms with Gasteiger partial charge < -0.3 is 9.13 Å². The Labute approximate surface area is 323 Å². The van der Waals surface area contributed by atoms with Crippen molar-refractivity contribution in [3.63, 3.8) is 0 Å². The van der Waals surface area contributed by atoms with Gasteiger partial charge in [0.1, 0.15) is 0 Å². The van der Waals surface area contributed by atoms with Crippen LogP contribution in [0.25, 0.3) is 88.4 Å². The highest BCUT2D eigenvalue weighted by atomic mass is 15.0. The quantitative estimate of drug-likeness (QED) is 0.174. The van der Waals surface area contributed by atoms with Gasteiger partial charge in [-0.15, -0.1) is 0 Å². The van der Waals surface area contributed by atoms with Crippen LogP contribution in [0.1, 0.15) is 31.5 Å². The Bertz CT molecular complexity index is 4100. The Balaban J connectivity index is 1.34. The Morgan fingerprint density at radius 3 is 1.36 bits per heavy atom. The van der Waals surface area contributed by atoms with Crippen molar-refractivity contribution in [1.82, 2.24) is 9.13 Å². The second kappa shape index (κ2) is 11.5. The van der Waals surface area contributed by atoms with Crippen LogP contribution in [0.5, 0.6) is 0 Å². The predicted molar refractivity (Wildman–Crippen MR) is 211 cm³/mol. The van der Waals surface area contributed by atoms with Crippen molar-refractivity contribution in [2.75, 3.05) is 0 Å². The van der Waals surface area contributed by atoms with Crippen LogP contribution in [0.2, 0.25) is 0 Å². The maximum Gasteiger partial charge on any atom is 0.0645 e. The summed E-state index contributed by atoms with van der Waals surface area (Å²) in [6, 6.07) is -2.51. The Morgan fingerprint density at radius 1 is 0.300 bits per heavy atom. The Hall–Kier alpha value is -6.64. The van der Waals surface area contributed by atoms with Crippen molar-refractivity contribution in [1.29, 1.82) is 0 Å². The van der Waals surface area contributed by atoms with E-state index in [-0.39, 0.29) is 21.8 Å². The molecule has 2 heterocycles. The molecule has 0 aliphatic rings. The summed E-state index contributed by atoms with van der Waals surface area (Å²) in [4.78, 5) is 0. The van der Waals surface area contributed by atoms with Crippen LogP contribution in [0.3, 0.4) is 0 Å². The first-order valence-electron chi connectivity index (χ1n) is 26.8. The van der Waals surface area contributed by atoms with Crippen LogP contribution in [0.4, 0.5) is 0 Å². The standard InChI is InChI=1S/C48H32N2/c1-3-11-33(12-4-1)35-19-25-39(26-20-35)49-45-17-9-7-15-41(45)43-31-37(23-29-47(43)49)38-24-30-48-44(32-38)42-16-8-10-18-46(42)50(48)40-27-21-36(22-28-40)34-13-5-2-6-14-34/h1-32H/i1D,3D,4D,7D,8D,9D,10D,11D,12D,15D,16D,17D,18D,19D,20D,23D,24D,25D,26D,29D,30D,31D,32D. The topological polar surface area (TPSA) is 9.86 Å². The first-order chi connectivity index (χ1) is 34.4. The van der Waals surface area contributed by atoms with Crippen molar-refractivity contribution < 1.29 is 31.5 Å². The summed E-state index contributed by atoms with van der Waals surface area (Å²) in [6.07, 6.45) is 0. The molecule has 2 nitrogen and oxygen atoms in total. The van der Waals surface area contributed by atoms with Crippen molar-refractivity contribution in [3.8, 4) is 44.8 Å². The molecule has 234 valence electrons. The Morgan fingerprint density at radius 2 is 0.760 bits per heavy atom. The summed E-state index contributed by atoms with van der Waals surface area (Å²) < 4.78 is 209. The first kappa shape index (κ1) is 13.7. The molecule has 2 aromatic heterocycles. The lowest BCUT2D eigenvalue weighted by atomic mass is 10.0. The van der Waals surface area contributed by atoms with Crippen LogP contribution >= 0.6 is 0 Å². The number of aromatic nitrogens is 2. The third-order valence-corrected chi connectivity index (χ3v) is 8.38. The molecule has 0 atom stereocenters. The van der Waals surface area contributed by atoms with Gasteiger partial charge in [0.25, 0.3) is 0 Å². The molecule has 50 heavy (non-hydrogen) atoms. The average Bonchev–Trinajstić information content (AvgIpc) is 3.93. The van der Waals surface area contributed by atoms with E-state index in [9.17, 15) is 11.0 Å². The molecule has 2 heteroatoms. The smallest absolute Gasteiger partial charge is 0.0645 e. The van der Waals surface area contributed by atoms with E-state index >= 15 is 0 Å². The number of fused-ring (bicyclic) bond motifs is 6. The zero-order valence-electron chi connectivity index (χ0n) is 48.6. The molecule has 0 bridgehead atoms. The van der Waals surface area contributed by atoms with Gasteiger partial charge >= 0.3 is 0 Å². The van der Waals surface area contributed by atoms with Crippen LogP contribution in [0.15, 0.2) is 194 Å². The number of para-hydroxylation sites is 2. The zero-order chi connectivity index (χ0) is 53.0. The van der Waals surface area contributed by atoms with Gasteiger partial charge in [0.15, 0.2) is 0 Å². The first-order valence-corrected chi connectivity index (χ1v) is 15.3. The predicted octanol–water partition coefficient (Wildman–Crippen LogP) is 12.9. The molecule has 0 N–H and O–H groups in total. The van der Waals surface area contributed by atoms with E-state index < -0.39 is 189 Å². The molecule has 8 aromatic carbocycles. The normalized spacial score (nSPS) is 18.0. The highest BCUT2D eigenvalue weighted by Crippen LogP contribution is 2.38. The van der Waals surface area contributed by atoms with E-state index in [0.717, 1.165) is 15.7 Å². The van der Waals surface area contributed by atoms with Gasteiger partial charge in [0, 0.05) is 32.9 Å². The highest BCUT2D eigenvalue weighted by molar-refractivity contribution is 6.12. The van der Waals surface area contributed by atoms with E-state index in [1.807, 2.05) is 30.3 Å². The molecular formula is C48H32N2. The van der Waals surface area contributed by atoms with Gasteiger partial charge in [-0.25, -0.2) is 0 Å². The second-order valence-corrected chi connectivity index (χ2v) is 11.2. The van der Waals surface area contributed by atoms with E-state index in [2.05, 4.69) is 0 Å². The van der Waals surface area contributed by atoms with Crippen molar-refractivity contribution in [2.24, 2.45) is 0 Å². The number of rotatable bonds is 5. The minimum absolute atomic E-state index is 0.155. The Kier molecular flexibility index (Phi) is 3.15. The van der Waals surface area contributed by atoms with Gasteiger partial charge in [-0.05, 0) is 93.9 Å². The lowest BCUT2D eigenvalue weighted by Crippen LogP contribution is -1.94. The van der Waals surface area contributed by atoms with Gasteiger partial charge in [0.2, 0.25) is 0 Å². The third-order valence-electron chi connectivity index (χ3n) is 8.38. The van der Waals surface area contributed by atoms with Gasteiger partial charge in [-0.3, -0.25) is 0 Å². The number of hydrogen-bond donors (Lipinski definition) is 0. The molecule has 10 rings (SSSR count). The molecule has 10 aromatic rings. The summed E-state index contributed by atoms with van der Waals surface area (Å²) in [5.74, 6) is 0. The average molecular weight is 660 g/mol. The fourth-order valence-corrected chi connectivity index (χ4v) is 6.11. The fraction of sp³-hybridized carbons (Fsp3) is 0. The van der Waals surface area contributed by atoms with E-state index in [1.165, 1.54) is 4.57 Å². The van der Waals surface area contributed by atoms with Crippen molar-refractivity contribution >= 4 is 43.6 Å². The molecule has 0 spiro atoms. The SMILES string of the molecule is [2H]c1c([2H])c([2H])c(-c2c([2H])c([2H])c(-n3c4c([2H])c([2H])c([2H])c([2H])c4c4c([2H])c(-c5c([2H])c([2H])c6c(c5[2H])c5c([2H])c([2H])c([2H])c([2H])c5n6-c5ccc(-c6ccccc6)cc5)c([2H])c([2H])c43)c([2H])c2[2H])c([2H])c1[2H]. The lowest BCUT2D eigenvalue weighted by Gasteiger charge is -2.11. The van der Waals surface area contributed by atoms with E-state index in [1.54, 1.807) is 24.3 Å². The second-order valence-electron chi connectivity index (χ2n) is 11.2. The fourth-order valence-electron chi connectivity index (χ4n) is 6.11. The molecule has 0 radical (unpaired) electrons. The van der Waals surface area contributed by atoms with Crippen LogP contribution in [0, 0.1) is 0 Å². The number of nitrogens with zero attached hydrogens (tertiary/aromatic N) is 2. The van der Waals surface area contributed by atoms with Gasteiger partial charge in [-0.1, -0.05) is 133 Å². The van der Waals surface area contributed by atoms with Crippen LogP contribution in [-0.2, 0) is 0 Å². The molecule has 0 aliphatic carbocycles. The number of hydrogen-bond acceptors (Lipinski definition) is 0. The number of benzene rings is 8. The molecule has 0 fully saturated rings. The molecule has 0 saturated heterocycles. The summed E-state index contributed by atoms with van der Waals surface area (Å²) in [7, 11) is 0.